The molecule has 0 saturated carbocycles. The first-order valence-electron chi connectivity index (χ1n) is 6.12. The Morgan fingerprint density at radius 3 is 2.78 bits per heavy atom. The van der Waals surface area contributed by atoms with Gasteiger partial charge in [0.05, 0.1) is 0 Å². The zero-order chi connectivity index (χ0) is 13.1. The molecule has 1 aromatic carbocycles. The van der Waals surface area contributed by atoms with Crippen LogP contribution in [0.3, 0.4) is 0 Å². The van der Waals surface area contributed by atoms with E-state index in [2.05, 4.69) is 37.9 Å². The van der Waals surface area contributed by atoms with Crippen LogP contribution in [0.15, 0.2) is 24.3 Å². The monoisotopic (exact) mass is 259 g/mol. The van der Waals surface area contributed by atoms with Crippen LogP contribution in [0.2, 0.25) is 0 Å². The molecule has 0 saturated heterocycles. The minimum absolute atomic E-state index is 0.537. The number of nitrogens with zero attached hydrogens (tertiary/aromatic N) is 1. The summed E-state index contributed by atoms with van der Waals surface area (Å²) in [5, 5.41) is 0.941. The largest absolute Gasteiger partial charge is 0.296 e. The van der Waals surface area contributed by atoms with E-state index < -0.39 is 0 Å². The van der Waals surface area contributed by atoms with Crippen LogP contribution in [0.1, 0.15) is 34.8 Å². The number of thiazole rings is 1. The standard InChI is InChI=1S/C15H17NOS/c1-10(2)7-14-13(9-17)16-15(18-14)12-6-4-5-11(3)8-12/h4-6,8-10H,7H2,1-3H3. The molecule has 94 valence electrons. The van der Waals surface area contributed by atoms with Crippen LogP contribution in [0, 0.1) is 12.8 Å². The predicted octanol–water partition coefficient (Wildman–Crippen LogP) is 4.13. The fourth-order valence-corrected chi connectivity index (χ4v) is 3.11. The number of carbonyl (C=O) groups is 1. The van der Waals surface area contributed by atoms with Crippen molar-refractivity contribution in [1.29, 1.82) is 0 Å². The van der Waals surface area contributed by atoms with E-state index in [0.29, 0.717) is 11.6 Å². The summed E-state index contributed by atoms with van der Waals surface area (Å²) in [7, 11) is 0. The van der Waals surface area contributed by atoms with Crippen LogP contribution in [0.25, 0.3) is 10.6 Å². The molecule has 0 bridgehead atoms. The molecule has 0 aliphatic heterocycles. The summed E-state index contributed by atoms with van der Waals surface area (Å²) in [5.41, 5.74) is 2.91. The molecule has 0 radical (unpaired) electrons. The molecule has 0 atom stereocenters. The third-order valence-corrected chi connectivity index (χ3v) is 3.84. The number of aldehydes is 1. The first kappa shape index (κ1) is 13.0. The van der Waals surface area contributed by atoms with Gasteiger partial charge in [-0.25, -0.2) is 4.98 Å². The molecule has 2 nitrogen and oxygen atoms in total. The lowest BCUT2D eigenvalue weighted by Crippen LogP contribution is -1.95. The highest BCUT2D eigenvalue weighted by atomic mass is 32.1. The maximum atomic E-state index is 11.1. The molecule has 3 heteroatoms. The van der Waals surface area contributed by atoms with Crippen molar-refractivity contribution in [2.24, 2.45) is 5.92 Å². The number of aromatic nitrogens is 1. The second kappa shape index (κ2) is 5.44. The van der Waals surface area contributed by atoms with Gasteiger partial charge in [0, 0.05) is 10.4 Å². The van der Waals surface area contributed by atoms with Crippen LogP contribution in [0.5, 0.6) is 0 Å². The van der Waals surface area contributed by atoms with Crippen LogP contribution in [-0.2, 0) is 6.42 Å². The van der Waals surface area contributed by atoms with Crippen molar-refractivity contribution in [3.63, 3.8) is 0 Å². The Hall–Kier alpha value is -1.48. The summed E-state index contributed by atoms with van der Waals surface area (Å²) >= 11 is 1.63. The first-order chi connectivity index (χ1) is 8.60. The molecular weight excluding hydrogens is 242 g/mol. The lowest BCUT2D eigenvalue weighted by atomic mass is 10.1. The van der Waals surface area contributed by atoms with Crippen LogP contribution < -0.4 is 0 Å². The van der Waals surface area contributed by atoms with Crippen molar-refractivity contribution in [3.8, 4) is 10.6 Å². The summed E-state index contributed by atoms with van der Waals surface area (Å²) in [4.78, 5) is 16.6. The summed E-state index contributed by atoms with van der Waals surface area (Å²) < 4.78 is 0. The molecule has 1 heterocycles. The second-order valence-corrected chi connectivity index (χ2v) is 6.00. The Labute approximate surface area is 112 Å². The van der Waals surface area contributed by atoms with Gasteiger partial charge in [-0.15, -0.1) is 11.3 Å². The molecule has 0 N–H and O–H groups in total. The summed E-state index contributed by atoms with van der Waals surface area (Å²) in [5.74, 6) is 0.537. The Balaban J connectivity index is 2.40. The zero-order valence-corrected chi connectivity index (χ0v) is 11.8. The Morgan fingerprint density at radius 1 is 1.39 bits per heavy atom. The fraction of sp³-hybridized carbons (Fsp3) is 0.333. The Morgan fingerprint density at radius 2 is 2.17 bits per heavy atom. The minimum atomic E-state index is 0.537. The van der Waals surface area contributed by atoms with Gasteiger partial charge in [0.2, 0.25) is 0 Å². The van der Waals surface area contributed by atoms with E-state index in [9.17, 15) is 4.79 Å². The first-order valence-corrected chi connectivity index (χ1v) is 6.93. The van der Waals surface area contributed by atoms with E-state index in [1.54, 1.807) is 11.3 Å². The van der Waals surface area contributed by atoms with E-state index in [0.717, 1.165) is 28.2 Å². The normalized spacial score (nSPS) is 10.9. The average Bonchev–Trinajstić information content (AvgIpc) is 2.71. The van der Waals surface area contributed by atoms with Gasteiger partial charge in [-0.05, 0) is 25.3 Å². The number of benzene rings is 1. The molecule has 0 spiro atoms. The fourth-order valence-electron chi connectivity index (χ4n) is 1.87. The van der Waals surface area contributed by atoms with Gasteiger partial charge in [-0.1, -0.05) is 37.6 Å². The van der Waals surface area contributed by atoms with Gasteiger partial charge >= 0.3 is 0 Å². The van der Waals surface area contributed by atoms with Crippen molar-refractivity contribution in [2.45, 2.75) is 27.2 Å². The predicted molar refractivity (Wildman–Crippen MR) is 76.2 cm³/mol. The molecule has 0 unspecified atom stereocenters. The number of hydrogen-bond acceptors (Lipinski definition) is 3. The van der Waals surface area contributed by atoms with E-state index >= 15 is 0 Å². The minimum Gasteiger partial charge on any atom is -0.296 e. The number of carbonyl (C=O) groups excluding carboxylic acids is 1. The highest BCUT2D eigenvalue weighted by molar-refractivity contribution is 7.15. The van der Waals surface area contributed by atoms with Crippen molar-refractivity contribution in [2.75, 3.05) is 0 Å². The topological polar surface area (TPSA) is 30.0 Å². The maximum absolute atomic E-state index is 11.1. The summed E-state index contributed by atoms with van der Waals surface area (Å²) in [6.45, 7) is 6.37. The quantitative estimate of drug-likeness (QED) is 0.773. The molecule has 18 heavy (non-hydrogen) atoms. The summed E-state index contributed by atoms with van der Waals surface area (Å²) in [6.07, 6.45) is 1.78. The van der Waals surface area contributed by atoms with Gasteiger partial charge in [-0.3, -0.25) is 4.79 Å². The number of hydrogen-bond donors (Lipinski definition) is 0. The average molecular weight is 259 g/mol. The van der Waals surface area contributed by atoms with Gasteiger partial charge in [0.1, 0.15) is 10.7 Å². The van der Waals surface area contributed by atoms with Crippen molar-refractivity contribution in [1.82, 2.24) is 4.98 Å². The number of rotatable bonds is 4. The van der Waals surface area contributed by atoms with Crippen molar-refractivity contribution >= 4 is 17.6 Å². The molecule has 0 aliphatic rings. The molecule has 0 aliphatic carbocycles. The van der Waals surface area contributed by atoms with Crippen molar-refractivity contribution in [3.05, 3.63) is 40.4 Å². The Kier molecular flexibility index (Phi) is 3.92. The molecule has 1 aromatic heterocycles. The van der Waals surface area contributed by atoms with Crippen LogP contribution in [0.4, 0.5) is 0 Å². The van der Waals surface area contributed by atoms with Gasteiger partial charge in [0.15, 0.2) is 6.29 Å². The maximum Gasteiger partial charge on any atom is 0.169 e. The van der Waals surface area contributed by atoms with E-state index in [4.69, 9.17) is 0 Å². The molecule has 2 aromatic rings. The van der Waals surface area contributed by atoms with Crippen molar-refractivity contribution < 1.29 is 4.79 Å². The van der Waals surface area contributed by atoms with Gasteiger partial charge in [-0.2, -0.15) is 0 Å². The molecule has 0 fully saturated rings. The third-order valence-electron chi connectivity index (χ3n) is 2.70. The lowest BCUT2D eigenvalue weighted by Gasteiger charge is -2.00. The Bertz CT molecular complexity index is 557. The third kappa shape index (κ3) is 2.85. The van der Waals surface area contributed by atoms with E-state index in [1.807, 2.05) is 12.1 Å². The highest BCUT2D eigenvalue weighted by Gasteiger charge is 2.13. The molecule has 0 amide bonds. The highest BCUT2D eigenvalue weighted by Crippen LogP contribution is 2.29. The SMILES string of the molecule is Cc1cccc(-c2nc(C=O)c(CC(C)C)s2)c1. The van der Waals surface area contributed by atoms with Gasteiger partial charge < -0.3 is 0 Å². The smallest absolute Gasteiger partial charge is 0.169 e. The van der Waals surface area contributed by atoms with E-state index in [1.165, 1.54) is 5.56 Å². The zero-order valence-electron chi connectivity index (χ0n) is 10.9. The molecule has 2 rings (SSSR count). The summed E-state index contributed by atoms with van der Waals surface area (Å²) in [6, 6.07) is 8.23. The van der Waals surface area contributed by atoms with Crippen LogP contribution >= 0.6 is 11.3 Å². The number of aryl methyl sites for hydroxylation is 1. The molecular formula is C15H17NOS. The van der Waals surface area contributed by atoms with E-state index in [-0.39, 0.29) is 0 Å². The van der Waals surface area contributed by atoms with Crippen LogP contribution in [-0.4, -0.2) is 11.3 Å². The van der Waals surface area contributed by atoms with Gasteiger partial charge in [0.25, 0.3) is 0 Å². The lowest BCUT2D eigenvalue weighted by molar-refractivity contribution is 0.111. The second-order valence-electron chi connectivity index (χ2n) is 4.91.